The predicted molar refractivity (Wildman–Crippen MR) is 55.2 cm³/mol. The van der Waals surface area contributed by atoms with Crippen LogP contribution in [0.3, 0.4) is 0 Å². The van der Waals surface area contributed by atoms with Crippen LogP contribution in [-0.2, 0) is 9.53 Å². The minimum Gasteiger partial charge on any atom is -0.467 e. The molecule has 0 aliphatic rings. The molecule has 0 saturated heterocycles. The fourth-order valence-corrected chi connectivity index (χ4v) is 1.45. The van der Waals surface area contributed by atoms with Gasteiger partial charge in [-0.25, -0.2) is 4.79 Å². The van der Waals surface area contributed by atoms with Gasteiger partial charge < -0.3 is 4.74 Å². The van der Waals surface area contributed by atoms with Crippen molar-refractivity contribution in [2.24, 2.45) is 0 Å². The number of alkyl halides is 2. The van der Waals surface area contributed by atoms with Gasteiger partial charge in [-0.05, 0) is 12.8 Å². The average molecular weight is 227 g/mol. The Hall–Kier alpha value is 0.0500. The number of rotatable bonds is 6. The van der Waals surface area contributed by atoms with E-state index in [1.54, 1.807) is 0 Å². The molecule has 0 spiro atoms. The van der Waals surface area contributed by atoms with Gasteiger partial charge in [-0.1, -0.05) is 49.4 Å². The molecule has 0 aliphatic carbocycles. The second kappa shape index (κ2) is 6.50. The van der Waals surface area contributed by atoms with Gasteiger partial charge in [-0.15, -0.1) is 0 Å². The minimum absolute atomic E-state index is 0.461. The van der Waals surface area contributed by atoms with E-state index in [0.717, 1.165) is 25.7 Å². The Kier molecular flexibility index (Phi) is 6.52. The van der Waals surface area contributed by atoms with E-state index >= 15 is 0 Å². The van der Waals surface area contributed by atoms with Crippen LogP contribution < -0.4 is 0 Å². The van der Waals surface area contributed by atoms with Gasteiger partial charge in [-0.3, -0.25) is 0 Å². The van der Waals surface area contributed by atoms with E-state index in [9.17, 15) is 4.79 Å². The molecule has 0 heterocycles. The van der Waals surface area contributed by atoms with Gasteiger partial charge >= 0.3 is 5.97 Å². The molecule has 0 aliphatic heterocycles. The predicted octanol–water partition coefficient (Wildman–Crippen LogP) is 3.30. The highest BCUT2D eigenvalue weighted by atomic mass is 35.5. The second-order valence-corrected chi connectivity index (χ2v) is 4.49. The van der Waals surface area contributed by atoms with Crippen LogP contribution in [0.25, 0.3) is 0 Å². The quantitative estimate of drug-likeness (QED) is 0.395. The first-order valence-corrected chi connectivity index (χ1v) is 5.26. The smallest absolute Gasteiger partial charge is 0.342 e. The topological polar surface area (TPSA) is 26.3 Å². The van der Waals surface area contributed by atoms with E-state index in [4.69, 9.17) is 23.2 Å². The summed E-state index contributed by atoms with van der Waals surface area (Å²) in [5.74, 6) is -0.563. The standard InChI is InChI=1S/C9H16Cl2O2/c1-3-4-5-6-7-9(10,11)8(12)13-2/h3-7H2,1-2H3. The Morgan fingerprint density at radius 2 is 1.92 bits per heavy atom. The summed E-state index contributed by atoms with van der Waals surface area (Å²) in [4.78, 5) is 11.0. The van der Waals surface area contributed by atoms with Crippen molar-refractivity contribution in [3.8, 4) is 0 Å². The molecule has 0 rings (SSSR count). The van der Waals surface area contributed by atoms with Crippen molar-refractivity contribution < 1.29 is 9.53 Å². The van der Waals surface area contributed by atoms with Crippen molar-refractivity contribution in [2.45, 2.75) is 43.4 Å². The monoisotopic (exact) mass is 226 g/mol. The molecule has 2 nitrogen and oxygen atoms in total. The number of esters is 1. The number of hydrogen-bond acceptors (Lipinski definition) is 2. The molecule has 0 aromatic heterocycles. The van der Waals surface area contributed by atoms with Crippen LogP contribution in [-0.4, -0.2) is 17.4 Å². The normalized spacial score (nSPS) is 11.4. The molecular formula is C9H16Cl2O2. The number of methoxy groups -OCH3 is 1. The highest BCUT2D eigenvalue weighted by molar-refractivity contribution is 6.57. The fourth-order valence-electron chi connectivity index (χ4n) is 1.03. The number of carbonyl (C=O) groups is 1. The molecule has 78 valence electrons. The van der Waals surface area contributed by atoms with Gasteiger partial charge in [0.25, 0.3) is 0 Å². The maximum atomic E-state index is 11.0. The van der Waals surface area contributed by atoms with Crippen molar-refractivity contribution in [3.63, 3.8) is 0 Å². The first-order valence-electron chi connectivity index (χ1n) is 4.51. The Bertz CT molecular complexity index is 158. The molecule has 0 amide bonds. The van der Waals surface area contributed by atoms with Crippen molar-refractivity contribution in [3.05, 3.63) is 0 Å². The zero-order chi connectivity index (χ0) is 10.3. The molecule has 0 atom stereocenters. The van der Waals surface area contributed by atoms with E-state index < -0.39 is 10.3 Å². The summed E-state index contributed by atoms with van der Waals surface area (Å²) in [5, 5.41) is 0. The molecule has 0 unspecified atom stereocenters. The molecule has 4 heteroatoms. The molecule has 13 heavy (non-hydrogen) atoms. The Morgan fingerprint density at radius 1 is 1.31 bits per heavy atom. The maximum Gasteiger partial charge on any atom is 0.342 e. The Morgan fingerprint density at radius 3 is 2.38 bits per heavy atom. The largest absolute Gasteiger partial charge is 0.467 e. The summed E-state index contributed by atoms with van der Waals surface area (Å²) in [7, 11) is 1.29. The van der Waals surface area contributed by atoms with E-state index in [2.05, 4.69) is 11.7 Å². The summed E-state index contributed by atoms with van der Waals surface area (Å²) >= 11 is 11.5. The lowest BCUT2D eigenvalue weighted by Gasteiger charge is -2.15. The highest BCUT2D eigenvalue weighted by Crippen LogP contribution is 2.29. The lowest BCUT2D eigenvalue weighted by Crippen LogP contribution is -2.27. The van der Waals surface area contributed by atoms with Crippen molar-refractivity contribution in [1.29, 1.82) is 0 Å². The third-order valence-electron chi connectivity index (χ3n) is 1.83. The number of ether oxygens (including phenoxy) is 1. The molecule has 0 aromatic carbocycles. The lowest BCUT2D eigenvalue weighted by molar-refractivity contribution is -0.141. The van der Waals surface area contributed by atoms with Crippen LogP contribution >= 0.6 is 23.2 Å². The lowest BCUT2D eigenvalue weighted by atomic mass is 10.1. The van der Waals surface area contributed by atoms with Gasteiger partial charge in [0.2, 0.25) is 4.33 Å². The zero-order valence-corrected chi connectivity index (χ0v) is 9.62. The summed E-state index contributed by atoms with van der Waals surface area (Å²) < 4.78 is 3.11. The summed E-state index contributed by atoms with van der Waals surface area (Å²) in [5.41, 5.74) is 0. The van der Waals surface area contributed by atoms with Gasteiger partial charge in [0.1, 0.15) is 0 Å². The Labute approximate surface area is 89.5 Å². The van der Waals surface area contributed by atoms with Crippen LogP contribution in [0.4, 0.5) is 0 Å². The van der Waals surface area contributed by atoms with E-state index in [1.807, 2.05) is 0 Å². The third kappa shape index (κ3) is 5.37. The minimum atomic E-state index is -1.36. The number of hydrogen-bond donors (Lipinski definition) is 0. The first kappa shape index (κ1) is 13.1. The number of halogens is 2. The first-order chi connectivity index (χ1) is 6.04. The SMILES string of the molecule is CCCCCCC(Cl)(Cl)C(=O)OC. The summed E-state index contributed by atoms with van der Waals surface area (Å²) in [6, 6.07) is 0. The molecule has 0 saturated carbocycles. The second-order valence-electron chi connectivity index (χ2n) is 3.01. The van der Waals surface area contributed by atoms with Gasteiger partial charge in [0, 0.05) is 0 Å². The number of carbonyl (C=O) groups excluding carboxylic acids is 1. The zero-order valence-electron chi connectivity index (χ0n) is 8.11. The van der Waals surface area contributed by atoms with Gasteiger partial charge in [-0.2, -0.15) is 0 Å². The summed E-state index contributed by atoms with van der Waals surface area (Å²) in [6.07, 6.45) is 4.66. The number of unbranched alkanes of at least 4 members (excludes halogenated alkanes) is 3. The maximum absolute atomic E-state index is 11.0. The Balaban J connectivity index is 3.69. The van der Waals surface area contributed by atoms with Crippen LogP contribution in [0.15, 0.2) is 0 Å². The molecular weight excluding hydrogens is 211 g/mol. The van der Waals surface area contributed by atoms with Crippen LogP contribution in [0, 0.1) is 0 Å². The van der Waals surface area contributed by atoms with Crippen LogP contribution in [0.5, 0.6) is 0 Å². The van der Waals surface area contributed by atoms with Crippen LogP contribution in [0.2, 0.25) is 0 Å². The highest BCUT2D eigenvalue weighted by Gasteiger charge is 2.33. The van der Waals surface area contributed by atoms with Crippen molar-refractivity contribution in [1.82, 2.24) is 0 Å². The molecule has 0 aromatic rings. The van der Waals surface area contributed by atoms with Crippen molar-refractivity contribution >= 4 is 29.2 Å². The van der Waals surface area contributed by atoms with Gasteiger partial charge in [0.15, 0.2) is 0 Å². The molecule has 0 bridgehead atoms. The average Bonchev–Trinajstić information content (AvgIpc) is 2.11. The van der Waals surface area contributed by atoms with E-state index in [1.165, 1.54) is 7.11 Å². The van der Waals surface area contributed by atoms with Crippen molar-refractivity contribution in [2.75, 3.05) is 7.11 Å². The third-order valence-corrected chi connectivity index (χ3v) is 2.51. The van der Waals surface area contributed by atoms with E-state index in [-0.39, 0.29) is 0 Å². The molecule has 0 N–H and O–H groups in total. The molecule has 0 fully saturated rings. The summed E-state index contributed by atoms with van der Waals surface area (Å²) in [6.45, 7) is 2.12. The fraction of sp³-hybridized carbons (Fsp3) is 0.889. The van der Waals surface area contributed by atoms with Crippen LogP contribution in [0.1, 0.15) is 39.0 Å². The van der Waals surface area contributed by atoms with E-state index in [0.29, 0.717) is 6.42 Å². The van der Waals surface area contributed by atoms with Gasteiger partial charge in [0.05, 0.1) is 7.11 Å². The molecule has 0 radical (unpaired) electrons.